The summed E-state index contributed by atoms with van der Waals surface area (Å²) in [6, 6.07) is 21.4. The molecule has 3 aromatic carbocycles. The number of hydrogen-bond acceptors (Lipinski definition) is 11. The van der Waals surface area contributed by atoms with Crippen LogP contribution < -0.4 is 16.0 Å². The summed E-state index contributed by atoms with van der Waals surface area (Å²) in [6.45, 7) is 1.91. The molecule has 3 amide bonds. The summed E-state index contributed by atoms with van der Waals surface area (Å²) in [5, 5.41) is 7.93. The highest BCUT2D eigenvalue weighted by Gasteiger charge is 2.34. The van der Waals surface area contributed by atoms with Crippen LogP contribution >= 0.6 is 0 Å². The predicted molar refractivity (Wildman–Crippen MR) is 180 cm³/mol. The van der Waals surface area contributed by atoms with Crippen LogP contribution in [0.1, 0.15) is 46.7 Å². The number of nitrogens with one attached hydrogen (secondary N) is 3. The molecule has 0 radical (unpaired) electrons. The SMILES string of the molecule is CCC(COC(=O)Cc1ccccc1CN=C=O)(COC(=O)NCc1cccc(CN=C=O)c1)COC(=O)NCc1cccc(CNC=O)c1. The van der Waals surface area contributed by atoms with Crippen molar-refractivity contribution in [3.05, 3.63) is 106 Å². The van der Waals surface area contributed by atoms with Crippen LogP contribution in [-0.4, -0.2) is 56.5 Å². The number of esters is 1. The molecule has 14 nitrogen and oxygen atoms in total. The minimum atomic E-state index is -1.10. The van der Waals surface area contributed by atoms with Crippen LogP contribution in [0.2, 0.25) is 0 Å². The highest BCUT2D eigenvalue weighted by Crippen LogP contribution is 2.25. The smallest absolute Gasteiger partial charge is 0.407 e. The summed E-state index contributed by atoms with van der Waals surface area (Å²) in [6.07, 6.45) is 2.29. The van der Waals surface area contributed by atoms with Gasteiger partial charge in [-0.2, -0.15) is 0 Å². The van der Waals surface area contributed by atoms with Gasteiger partial charge in [-0.15, -0.1) is 0 Å². The first-order chi connectivity index (χ1) is 24.3. The predicted octanol–water partition coefficient (Wildman–Crippen LogP) is 3.94. The minimum Gasteiger partial charge on any atom is -0.465 e. The largest absolute Gasteiger partial charge is 0.465 e. The van der Waals surface area contributed by atoms with E-state index in [1.54, 1.807) is 61.5 Å². The number of isocyanates is 2. The van der Waals surface area contributed by atoms with Crippen LogP contribution in [0.4, 0.5) is 9.59 Å². The molecule has 0 saturated carbocycles. The average molecular weight is 686 g/mol. The van der Waals surface area contributed by atoms with Gasteiger partial charge in [-0.05, 0) is 39.8 Å². The Morgan fingerprint density at radius 3 is 1.80 bits per heavy atom. The molecule has 1 atom stereocenters. The third-order valence-electron chi connectivity index (χ3n) is 7.65. The van der Waals surface area contributed by atoms with Crippen molar-refractivity contribution in [2.45, 2.75) is 52.5 Å². The number of hydrogen-bond donors (Lipinski definition) is 3. The number of amides is 3. The van der Waals surface area contributed by atoms with Crippen LogP contribution in [-0.2, 0) is 72.5 Å². The lowest BCUT2D eigenvalue weighted by Gasteiger charge is -2.31. The van der Waals surface area contributed by atoms with E-state index in [1.165, 1.54) is 12.2 Å². The van der Waals surface area contributed by atoms with Gasteiger partial charge >= 0.3 is 18.2 Å². The van der Waals surface area contributed by atoms with Crippen LogP contribution in [0.25, 0.3) is 0 Å². The lowest BCUT2D eigenvalue weighted by molar-refractivity contribution is -0.149. The second kappa shape index (κ2) is 21.0. The molecule has 0 fully saturated rings. The zero-order valence-corrected chi connectivity index (χ0v) is 27.6. The van der Waals surface area contributed by atoms with Gasteiger partial charge in [0.25, 0.3) is 0 Å². The zero-order valence-electron chi connectivity index (χ0n) is 27.6. The molecule has 262 valence electrons. The molecular weight excluding hydrogens is 646 g/mol. The number of benzene rings is 3. The lowest BCUT2D eigenvalue weighted by atomic mass is 9.88. The first-order valence-corrected chi connectivity index (χ1v) is 15.7. The summed E-state index contributed by atoms with van der Waals surface area (Å²) in [7, 11) is 0. The minimum absolute atomic E-state index is 0.0641. The third kappa shape index (κ3) is 13.6. The molecule has 50 heavy (non-hydrogen) atoms. The second-order valence-electron chi connectivity index (χ2n) is 11.3. The monoisotopic (exact) mass is 685 g/mol. The second-order valence-corrected chi connectivity index (χ2v) is 11.3. The molecule has 0 spiro atoms. The first-order valence-electron chi connectivity index (χ1n) is 15.7. The molecule has 0 aliphatic carbocycles. The van der Waals surface area contributed by atoms with E-state index in [1.807, 2.05) is 18.2 Å². The van der Waals surface area contributed by atoms with E-state index in [-0.39, 0.29) is 52.4 Å². The van der Waals surface area contributed by atoms with Gasteiger partial charge in [0.15, 0.2) is 0 Å². The number of aliphatic imine (C=N–C) groups is 2. The van der Waals surface area contributed by atoms with Crippen molar-refractivity contribution in [2.75, 3.05) is 19.8 Å². The van der Waals surface area contributed by atoms with Crippen molar-refractivity contribution in [3.8, 4) is 0 Å². The molecule has 0 aliphatic rings. The summed E-state index contributed by atoms with van der Waals surface area (Å²) in [4.78, 5) is 77.3. The van der Waals surface area contributed by atoms with Gasteiger partial charge in [0.05, 0.1) is 24.9 Å². The molecule has 3 N–H and O–H groups in total. The van der Waals surface area contributed by atoms with Crippen LogP contribution in [0, 0.1) is 5.41 Å². The number of alkyl carbamates (subject to hydrolysis) is 2. The quantitative estimate of drug-likeness (QED) is 0.0520. The molecule has 0 aliphatic heterocycles. The maximum absolute atomic E-state index is 13.0. The van der Waals surface area contributed by atoms with Gasteiger partial charge in [0, 0.05) is 19.6 Å². The molecular formula is C36H39N5O9. The fraction of sp³-hybridized carbons (Fsp3) is 0.333. The Bertz CT molecular complexity index is 1700. The molecule has 14 heteroatoms. The van der Waals surface area contributed by atoms with E-state index < -0.39 is 23.6 Å². The van der Waals surface area contributed by atoms with E-state index in [0.29, 0.717) is 30.5 Å². The molecule has 0 bridgehead atoms. The number of carbonyl (C=O) groups is 4. The summed E-state index contributed by atoms with van der Waals surface area (Å²) >= 11 is 0. The van der Waals surface area contributed by atoms with Crippen LogP contribution in [0.3, 0.4) is 0 Å². The Hall–Kier alpha value is -6.10. The fourth-order valence-electron chi connectivity index (χ4n) is 4.73. The molecule has 1 unspecified atom stereocenters. The molecule has 0 aromatic heterocycles. The summed E-state index contributed by atoms with van der Waals surface area (Å²) < 4.78 is 16.7. The summed E-state index contributed by atoms with van der Waals surface area (Å²) in [5.41, 5.74) is 3.35. The van der Waals surface area contributed by atoms with E-state index in [0.717, 1.165) is 22.3 Å². The zero-order chi connectivity index (χ0) is 36.0. The van der Waals surface area contributed by atoms with E-state index in [9.17, 15) is 28.8 Å². The van der Waals surface area contributed by atoms with Crippen molar-refractivity contribution >= 4 is 36.7 Å². The van der Waals surface area contributed by atoms with Crippen molar-refractivity contribution < 1.29 is 43.0 Å². The van der Waals surface area contributed by atoms with Gasteiger partial charge in [0.2, 0.25) is 18.6 Å². The van der Waals surface area contributed by atoms with Crippen molar-refractivity contribution in [1.82, 2.24) is 16.0 Å². The first kappa shape index (κ1) is 38.3. The molecule has 3 rings (SSSR count). The van der Waals surface area contributed by atoms with Gasteiger partial charge < -0.3 is 30.2 Å². The topological polar surface area (TPSA) is 191 Å². The van der Waals surface area contributed by atoms with E-state index >= 15 is 0 Å². The summed E-state index contributed by atoms with van der Waals surface area (Å²) in [5.74, 6) is -0.581. The van der Waals surface area contributed by atoms with E-state index in [4.69, 9.17) is 14.2 Å². The van der Waals surface area contributed by atoms with Gasteiger partial charge in [-0.3, -0.25) is 9.59 Å². The molecule has 0 saturated heterocycles. The van der Waals surface area contributed by atoms with E-state index in [2.05, 4.69) is 25.9 Å². The molecule has 0 heterocycles. The Morgan fingerprint density at radius 1 is 0.700 bits per heavy atom. The van der Waals surface area contributed by atoms with Gasteiger partial charge in [0.1, 0.15) is 19.8 Å². The number of rotatable bonds is 20. The Morgan fingerprint density at radius 2 is 1.22 bits per heavy atom. The number of nitrogens with zero attached hydrogens (tertiary/aromatic N) is 2. The van der Waals surface area contributed by atoms with Gasteiger partial charge in [-0.25, -0.2) is 29.2 Å². The maximum Gasteiger partial charge on any atom is 0.407 e. The third-order valence-corrected chi connectivity index (χ3v) is 7.65. The van der Waals surface area contributed by atoms with Crippen LogP contribution in [0.5, 0.6) is 0 Å². The highest BCUT2D eigenvalue weighted by molar-refractivity contribution is 5.73. The Labute approximate surface area is 289 Å². The standard InChI is InChI=1S/C36H39N5O9/c1-2-36(21-48-33(45)15-31-11-3-4-12-32(31)20-39-26-44,22-49-34(46)40-18-29-9-5-7-27(13-29)16-37-24-42)23-50-35(47)41-19-30-10-6-8-28(14-30)17-38-25-43/h3-14,24H,2,15-23H2,1H3,(H,37,42)(H,40,46)(H,41,47). The van der Waals surface area contributed by atoms with Crippen molar-refractivity contribution in [2.24, 2.45) is 15.4 Å². The maximum atomic E-state index is 13.0. The fourth-order valence-corrected chi connectivity index (χ4v) is 4.73. The highest BCUT2D eigenvalue weighted by atomic mass is 16.6. The Kier molecular flexibility index (Phi) is 16.1. The normalized spacial score (nSPS) is 11.4. The number of ether oxygens (including phenoxy) is 3. The van der Waals surface area contributed by atoms with Crippen molar-refractivity contribution in [3.63, 3.8) is 0 Å². The number of carbonyl (C=O) groups excluding carboxylic acids is 6. The van der Waals surface area contributed by atoms with Crippen LogP contribution in [0.15, 0.2) is 82.8 Å². The lowest BCUT2D eigenvalue weighted by Crippen LogP contribution is -2.41. The molecule has 3 aromatic rings. The Balaban J connectivity index is 1.65. The van der Waals surface area contributed by atoms with Crippen molar-refractivity contribution in [1.29, 1.82) is 0 Å². The van der Waals surface area contributed by atoms with Gasteiger partial charge in [-0.1, -0.05) is 79.7 Å². The average Bonchev–Trinajstić information content (AvgIpc) is 3.14.